The molecule has 7 heteroatoms. The molecule has 1 aromatic carbocycles. The summed E-state index contributed by atoms with van der Waals surface area (Å²) >= 11 is 6.65. The molecule has 0 aliphatic carbocycles. The molecule has 1 aromatic heterocycles. The number of hydrogen-bond donors (Lipinski definition) is 2. The van der Waals surface area contributed by atoms with Gasteiger partial charge in [0.25, 0.3) is 0 Å². The predicted octanol–water partition coefficient (Wildman–Crippen LogP) is 1.51. The zero-order valence-corrected chi connectivity index (χ0v) is 11.5. The Morgan fingerprint density at radius 2 is 2.17 bits per heavy atom. The van der Waals surface area contributed by atoms with E-state index in [9.17, 15) is 0 Å². The van der Waals surface area contributed by atoms with Crippen LogP contribution in [0.5, 0.6) is 0 Å². The van der Waals surface area contributed by atoms with E-state index in [4.69, 9.17) is 18.0 Å². The zero-order valence-electron chi connectivity index (χ0n) is 9.83. The van der Waals surface area contributed by atoms with E-state index in [0.29, 0.717) is 22.8 Å². The third-order valence-corrected chi connectivity index (χ3v) is 3.13. The predicted molar refractivity (Wildman–Crippen MR) is 77.5 cm³/mol. The summed E-state index contributed by atoms with van der Waals surface area (Å²) in [6.07, 6.45) is 1.89. The molecule has 2 aromatic rings. The molecule has 0 aliphatic rings. The minimum atomic E-state index is 0.296. The quantitative estimate of drug-likeness (QED) is 0.655. The van der Waals surface area contributed by atoms with Gasteiger partial charge < -0.3 is 11.1 Å². The molecule has 0 saturated carbocycles. The summed E-state index contributed by atoms with van der Waals surface area (Å²) in [5.41, 5.74) is 6.88. The number of aromatic nitrogens is 3. The standard InChI is InChI=1S/C11H13N5S2/c1-18-10-14-9(12)16(15-10)11(17)13-7-8-5-3-2-4-6-8/h2-6H,7H2,1H3,(H,13,17)(H2,12,14,15). The lowest BCUT2D eigenvalue weighted by molar-refractivity contribution is 0.818. The summed E-state index contributed by atoms with van der Waals surface area (Å²) in [5.74, 6) is 0.296. The van der Waals surface area contributed by atoms with Crippen LogP contribution in [-0.2, 0) is 6.54 Å². The summed E-state index contributed by atoms with van der Waals surface area (Å²) in [7, 11) is 0. The monoisotopic (exact) mass is 279 g/mol. The molecule has 0 radical (unpaired) electrons. The van der Waals surface area contributed by atoms with Gasteiger partial charge in [-0.3, -0.25) is 0 Å². The maximum atomic E-state index is 5.74. The van der Waals surface area contributed by atoms with Gasteiger partial charge in [0.1, 0.15) is 0 Å². The smallest absolute Gasteiger partial charge is 0.226 e. The van der Waals surface area contributed by atoms with Crippen LogP contribution in [0.1, 0.15) is 5.56 Å². The largest absolute Gasteiger partial charge is 0.368 e. The van der Waals surface area contributed by atoms with Crippen LogP contribution in [0.15, 0.2) is 35.5 Å². The van der Waals surface area contributed by atoms with Crippen molar-refractivity contribution in [1.29, 1.82) is 0 Å². The van der Waals surface area contributed by atoms with Gasteiger partial charge in [-0.2, -0.15) is 9.67 Å². The van der Waals surface area contributed by atoms with Crippen molar-refractivity contribution in [2.75, 3.05) is 12.0 Å². The molecule has 0 amide bonds. The van der Waals surface area contributed by atoms with Crippen LogP contribution in [0.2, 0.25) is 0 Å². The molecule has 2 rings (SSSR count). The van der Waals surface area contributed by atoms with E-state index >= 15 is 0 Å². The van der Waals surface area contributed by atoms with Crippen LogP contribution in [0, 0.1) is 0 Å². The number of thiocarbonyl (C=S) groups is 1. The van der Waals surface area contributed by atoms with Crippen LogP contribution in [0.3, 0.4) is 0 Å². The van der Waals surface area contributed by atoms with E-state index in [-0.39, 0.29) is 0 Å². The number of nitrogens with one attached hydrogen (secondary N) is 1. The number of nitrogens with two attached hydrogens (primary N) is 1. The van der Waals surface area contributed by atoms with Crippen molar-refractivity contribution in [2.24, 2.45) is 0 Å². The van der Waals surface area contributed by atoms with Gasteiger partial charge in [-0.1, -0.05) is 42.1 Å². The molecule has 5 nitrogen and oxygen atoms in total. The molecule has 0 atom stereocenters. The van der Waals surface area contributed by atoms with E-state index in [1.165, 1.54) is 16.4 Å². The lowest BCUT2D eigenvalue weighted by atomic mass is 10.2. The number of nitrogens with zero attached hydrogens (tertiary/aromatic N) is 3. The van der Waals surface area contributed by atoms with E-state index in [0.717, 1.165) is 5.56 Å². The Labute approximate surface area is 115 Å². The molecule has 0 aliphatic heterocycles. The third-order valence-electron chi connectivity index (χ3n) is 2.27. The van der Waals surface area contributed by atoms with Crippen molar-refractivity contribution in [1.82, 2.24) is 20.1 Å². The minimum Gasteiger partial charge on any atom is -0.368 e. The van der Waals surface area contributed by atoms with E-state index < -0.39 is 0 Å². The summed E-state index contributed by atoms with van der Waals surface area (Å²) < 4.78 is 1.43. The second-order valence-electron chi connectivity index (χ2n) is 3.51. The van der Waals surface area contributed by atoms with Gasteiger partial charge in [-0.15, -0.1) is 5.10 Å². The molecule has 0 unspecified atom stereocenters. The van der Waals surface area contributed by atoms with Gasteiger partial charge in [0.2, 0.25) is 11.1 Å². The Bertz CT molecular complexity index is 538. The van der Waals surface area contributed by atoms with Gasteiger partial charge in [0, 0.05) is 6.54 Å². The number of benzene rings is 1. The summed E-state index contributed by atoms with van der Waals surface area (Å²) in [6.45, 7) is 0.633. The number of thioether (sulfide) groups is 1. The van der Waals surface area contributed by atoms with E-state index in [1.807, 2.05) is 36.6 Å². The highest BCUT2D eigenvalue weighted by Gasteiger charge is 2.09. The maximum absolute atomic E-state index is 5.74. The van der Waals surface area contributed by atoms with Crippen molar-refractivity contribution in [3.8, 4) is 0 Å². The van der Waals surface area contributed by atoms with Crippen molar-refractivity contribution in [2.45, 2.75) is 11.7 Å². The minimum absolute atomic E-state index is 0.296. The average Bonchev–Trinajstić information content (AvgIpc) is 2.78. The fourth-order valence-electron chi connectivity index (χ4n) is 1.39. The molecular formula is C11H13N5S2. The van der Waals surface area contributed by atoms with Gasteiger partial charge in [0.15, 0.2) is 5.11 Å². The summed E-state index contributed by atoms with van der Waals surface area (Å²) in [6, 6.07) is 9.98. The molecule has 0 spiro atoms. The fraction of sp³-hybridized carbons (Fsp3) is 0.182. The summed E-state index contributed by atoms with van der Waals surface area (Å²) in [5, 5.41) is 8.33. The summed E-state index contributed by atoms with van der Waals surface area (Å²) in [4.78, 5) is 4.07. The molecule has 3 N–H and O–H groups in total. The number of nitrogen functional groups attached to an aromatic ring is 1. The zero-order chi connectivity index (χ0) is 13.0. The van der Waals surface area contributed by atoms with Gasteiger partial charge in [-0.25, -0.2) is 0 Å². The lowest BCUT2D eigenvalue weighted by Crippen LogP contribution is -2.29. The highest BCUT2D eigenvalue weighted by atomic mass is 32.2. The Morgan fingerprint density at radius 3 is 2.78 bits per heavy atom. The Balaban J connectivity index is 2.01. The normalized spacial score (nSPS) is 10.3. The van der Waals surface area contributed by atoms with E-state index in [2.05, 4.69) is 15.4 Å². The van der Waals surface area contributed by atoms with Crippen LogP contribution >= 0.6 is 24.0 Å². The Hall–Kier alpha value is -1.60. The first-order chi connectivity index (χ1) is 8.70. The first-order valence-corrected chi connectivity index (χ1v) is 6.92. The molecule has 18 heavy (non-hydrogen) atoms. The van der Waals surface area contributed by atoms with Crippen LogP contribution in [-0.4, -0.2) is 26.1 Å². The fourth-order valence-corrected chi connectivity index (χ4v) is 1.94. The van der Waals surface area contributed by atoms with Crippen LogP contribution in [0.25, 0.3) is 0 Å². The highest BCUT2D eigenvalue weighted by Crippen LogP contribution is 2.10. The van der Waals surface area contributed by atoms with Crippen LogP contribution < -0.4 is 11.1 Å². The average molecular weight is 279 g/mol. The molecule has 1 heterocycles. The molecule has 94 valence electrons. The lowest BCUT2D eigenvalue weighted by Gasteiger charge is -2.07. The Morgan fingerprint density at radius 1 is 1.44 bits per heavy atom. The number of hydrogen-bond acceptors (Lipinski definition) is 5. The maximum Gasteiger partial charge on any atom is 0.226 e. The van der Waals surface area contributed by atoms with Gasteiger partial charge in [-0.05, 0) is 24.0 Å². The third kappa shape index (κ3) is 2.99. The first kappa shape index (κ1) is 12.8. The highest BCUT2D eigenvalue weighted by molar-refractivity contribution is 7.98. The SMILES string of the molecule is CSc1nc(N)n(C(=S)NCc2ccccc2)n1. The second-order valence-corrected chi connectivity index (χ2v) is 4.67. The number of rotatable bonds is 3. The molecule has 0 saturated heterocycles. The topological polar surface area (TPSA) is 68.8 Å². The second kappa shape index (κ2) is 5.83. The molecule has 0 fully saturated rings. The van der Waals surface area contributed by atoms with E-state index in [1.54, 1.807) is 0 Å². The Kier molecular flexibility index (Phi) is 4.16. The van der Waals surface area contributed by atoms with Crippen LogP contribution in [0.4, 0.5) is 5.95 Å². The van der Waals surface area contributed by atoms with Crippen molar-refractivity contribution in [3.05, 3.63) is 35.9 Å². The molecular weight excluding hydrogens is 266 g/mol. The van der Waals surface area contributed by atoms with Crippen molar-refractivity contribution in [3.63, 3.8) is 0 Å². The van der Waals surface area contributed by atoms with Crippen molar-refractivity contribution >= 4 is 35.0 Å². The number of anilines is 1. The first-order valence-electron chi connectivity index (χ1n) is 5.29. The van der Waals surface area contributed by atoms with Gasteiger partial charge in [0.05, 0.1) is 0 Å². The van der Waals surface area contributed by atoms with Gasteiger partial charge >= 0.3 is 0 Å². The van der Waals surface area contributed by atoms with Crippen molar-refractivity contribution < 1.29 is 0 Å². The molecule has 0 bridgehead atoms.